The van der Waals surface area contributed by atoms with Crippen molar-refractivity contribution in [3.05, 3.63) is 18.2 Å². The van der Waals surface area contributed by atoms with E-state index in [4.69, 9.17) is 5.73 Å². The Balaban J connectivity index is 1.84. The van der Waals surface area contributed by atoms with Gasteiger partial charge < -0.3 is 11.1 Å². The van der Waals surface area contributed by atoms with Crippen molar-refractivity contribution < 1.29 is 0 Å². The summed E-state index contributed by atoms with van der Waals surface area (Å²) >= 11 is 1.70. The molecule has 1 aliphatic carbocycles. The normalized spacial score (nSPS) is 22.5. The fourth-order valence-electron chi connectivity index (χ4n) is 2.91. The Morgan fingerprint density at radius 1 is 1.37 bits per heavy atom. The first-order chi connectivity index (χ1) is 9.04. The zero-order valence-corrected chi connectivity index (χ0v) is 12.4. The lowest BCUT2D eigenvalue weighted by Gasteiger charge is -2.38. The predicted octanol–water partition coefficient (Wildman–Crippen LogP) is 4.26. The van der Waals surface area contributed by atoms with Crippen LogP contribution >= 0.6 is 11.3 Å². The molecule has 4 heteroatoms. The highest BCUT2D eigenvalue weighted by Gasteiger charge is 2.32. The molecule has 0 saturated heterocycles. The molecule has 19 heavy (non-hydrogen) atoms. The average molecular weight is 275 g/mol. The summed E-state index contributed by atoms with van der Waals surface area (Å²) in [6, 6.07) is 6.44. The minimum atomic E-state index is 0.356. The van der Waals surface area contributed by atoms with Gasteiger partial charge in [0.25, 0.3) is 0 Å². The van der Waals surface area contributed by atoms with Gasteiger partial charge in [0.05, 0.1) is 10.2 Å². The lowest BCUT2D eigenvalue weighted by Crippen LogP contribution is -2.38. The second-order valence-corrected chi connectivity index (χ2v) is 7.21. The highest BCUT2D eigenvalue weighted by molar-refractivity contribution is 7.22. The summed E-state index contributed by atoms with van der Waals surface area (Å²) in [5.74, 6) is 0. The fraction of sp³-hybridized carbons (Fsp3) is 0.533. The SMILES string of the molecule is CC1(C)CCCCC1Nc1nc2ccc(N)cc2s1. The van der Waals surface area contributed by atoms with Gasteiger partial charge in [-0.3, -0.25) is 0 Å². The van der Waals surface area contributed by atoms with E-state index in [2.05, 4.69) is 24.1 Å². The minimum absolute atomic E-state index is 0.356. The lowest BCUT2D eigenvalue weighted by molar-refractivity contribution is 0.217. The molecular weight excluding hydrogens is 254 g/mol. The number of hydrogen-bond acceptors (Lipinski definition) is 4. The van der Waals surface area contributed by atoms with Gasteiger partial charge in [-0.25, -0.2) is 4.98 Å². The second-order valence-electron chi connectivity index (χ2n) is 6.18. The van der Waals surface area contributed by atoms with Crippen LogP contribution in [0.25, 0.3) is 10.2 Å². The smallest absolute Gasteiger partial charge is 0.184 e. The number of nitrogens with zero attached hydrogens (tertiary/aromatic N) is 1. The van der Waals surface area contributed by atoms with Crippen molar-refractivity contribution in [2.75, 3.05) is 11.1 Å². The maximum atomic E-state index is 5.82. The Hall–Kier alpha value is -1.29. The molecule has 0 aliphatic heterocycles. The molecular formula is C15H21N3S. The number of anilines is 2. The van der Waals surface area contributed by atoms with Gasteiger partial charge in [0.2, 0.25) is 0 Å². The van der Waals surface area contributed by atoms with Crippen LogP contribution in [0.5, 0.6) is 0 Å². The standard InChI is InChI=1S/C15H21N3S/c1-15(2)8-4-3-5-13(15)18-14-17-11-7-6-10(16)9-12(11)19-14/h6-7,9,13H,3-5,8,16H2,1-2H3,(H,17,18). The van der Waals surface area contributed by atoms with E-state index >= 15 is 0 Å². The molecule has 1 saturated carbocycles. The summed E-state index contributed by atoms with van der Waals surface area (Å²) < 4.78 is 1.16. The van der Waals surface area contributed by atoms with Crippen molar-refractivity contribution in [1.82, 2.24) is 4.98 Å². The molecule has 0 amide bonds. The largest absolute Gasteiger partial charge is 0.399 e. The molecule has 3 rings (SSSR count). The molecule has 1 heterocycles. The Morgan fingerprint density at radius 2 is 2.21 bits per heavy atom. The number of thiazole rings is 1. The van der Waals surface area contributed by atoms with Crippen molar-refractivity contribution in [2.24, 2.45) is 5.41 Å². The quantitative estimate of drug-likeness (QED) is 0.805. The first-order valence-electron chi connectivity index (χ1n) is 6.97. The Morgan fingerprint density at radius 3 is 3.00 bits per heavy atom. The van der Waals surface area contributed by atoms with Gasteiger partial charge in [-0.05, 0) is 36.5 Å². The fourth-order valence-corrected chi connectivity index (χ4v) is 3.88. The van der Waals surface area contributed by atoms with Crippen molar-refractivity contribution in [2.45, 2.75) is 45.6 Å². The molecule has 1 atom stereocenters. The van der Waals surface area contributed by atoms with Crippen molar-refractivity contribution >= 4 is 32.4 Å². The monoisotopic (exact) mass is 275 g/mol. The minimum Gasteiger partial charge on any atom is -0.399 e. The van der Waals surface area contributed by atoms with Crippen LogP contribution < -0.4 is 11.1 Å². The molecule has 3 N–H and O–H groups in total. The van der Waals surface area contributed by atoms with Crippen LogP contribution in [0.2, 0.25) is 0 Å². The Kier molecular flexibility index (Phi) is 3.13. The van der Waals surface area contributed by atoms with E-state index in [0.717, 1.165) is 21.0 Å². The third-order valence-electron chi connectivity index (χ3n) is 4.22. The third-order valence-corrected chi connectivity index (χ3v) is 5.17. The van der Waals surface area contributed by atoms with Gasteiger partial charge >= 0.3 is 0 Å². The van der Waals surface area contributed by atoms with Crippen molar-refractivity contribution in [3.63, 3.8) is 0 Å². The average Bonchev–Trinajstić information content (AvgIpc) is 2.73. The summed E-state index contributed by atoms with van der Waals surface area (Å²) in [6.07, 6.45) is 5.20. The van der Waals surface area contributed by atoms with E-state index in [-0.39, 0.29) is 0 Å². The van der Waals surface area contributed by atoms with E-state index in [1.54, 1.807) is 11.3 Å². The van der Waals surface area contributed by atoms with Gasteiger partial charge in [-0.1, -0.05) is 38.0 Å². The van der Waals surface area contributed by atoms with E-state index < -0.39 is 0 Å². The maximum absolute atomic E-state index is 5.82. The van der Waals surface area contributed by atoms with Crippen LogP contribution in [-0.2, 0) is 0 Å². The molecule has 3 nitrogen and oxygen atoms in total. The molecule has 0 radical (unpaired) electrons. The van der Waals surface area contributed by atoms with E-state index in [9.17, 15) is 0 Å². The number of nitrogen functional groups attached to an aromatic ring is 1. The van der Waals surface area contributed by atoms with Crippen LogP contribution in [0.4, 0.5) is 10.8 Å². The van der Waals surface area contributed by atoms with Gasteiger partial charge in [-0.15, -0.1) is 0 Å². The van der Waals surface area contributed by atoms with Gasteiger partial charge in [0.15, 0.2) is 5.13 Å². The van der Waals surface area contributed by atoms with Crippen LogP contribution in [0.3, 0.4) is 0 Å². The van der Waals surface area contributed by atoms with Gasteiger partial charge in [-0.2, -0.15) is 0 Å². The molecule has 1 aromatic heterocycles. The molecule has 1 aromatic carbocycles. The molecule has 1 aliphatic rings. The highest BCUT2D eigenvalue weighted by atomic mass is 32.1. The number of hydrogen-bond donors (Lipinski definition) is 2. The number of rotatable bonds is 2. The summed E-state index contributed by atoms with van der Waals surface area (Å²) in [6.45, 7) is 4.71. The zero-order valence-electron chi connectivity index (χ0n) is 11.6. The van der Waals surface area contributed by atoms with Gasteiger partial charge in [0.1, 0.15) is 0 Å². The summed E-state index contributed by atoms with van der Waals surface area (Å²) in [4.78, 5) is 4.67. The van der Waals surface area contributed by atoms with E-state index in [1.165, 1.54) is 25.7 Å². The first kappa shape index (κ1) is 12.7. The molecule has 1 unspecified atom stereocenters. The molecule has 0 bridgehead atoms. The number of nitrogens with two attached hydrogens (primary N) is 1. The number of nitrogens with one attached hydrogen (secondary N) is 1. The molecule has 0 spiro atoms. The van der Waals surface area contributed by atoms with Crippen LogP contribution in [0, 0.1) is 5.41 Å². The number of benzene rings is 1. The van der Waals surface area contributed by atoms with E-state index in [1.807, 2.05) is 18.2 Å². The molecule has 2 aromatic rings. The Bertz CT molecular complexity index is 588. The number of aromatic nitrogens is 1. The zero-order chi connectivity index (χ0) is 13.5. The maximum Gasteiger partial charge on any atom is 0.184 e. The molecule has 1 fully saturated rings. The highest BCUT2D eigenvalue weighted by Crippen LogP contribution is 2.38. The lowest BCUT2D eigenvalue weighted by atomic mass is 9.73. The Labute approximate surface area is 118 Å². The first-order valence-corrected chi connectivity index (χ1v) is 7.79. The summed E-state index contributed by atoms with van der Waals surface area (Å²) in [5, 5.41) is 4.67. The number of fused-ring (bicyclic) bond motifs is 1. The van der Waals surface area contributed by atoms with Crippen LogP contribution in [0.15, 0.2) is 18.2 Å². The second kappa shape index (κ2) is 4.67. The van der Waals surface area contributed by atoms with Crippen molar-refractivity contribution in [1.29, 1.82) is 0 Å². The molecule has 102 valence electrons. The summed E-state index contributed by atoms with van der Waals surface area (Å²) in [5.41, 5.74) is 8.02. The van der Waals surface area contributed by atoms with Crippen molar-refractivity contribution in [3.8, 4) is 0 Å². The summed E-state index contributed by atoms with van der Waals surface area (Å²) in [7, 11) is 0. The predicted molar refractivity (Wildman–Crippen MR) is 83.7 cm³/mol. The van der Waals surface area contributed by atoms with Crippen LogP contribution in [-0.4, -0.2) is 11.0 Å². The topological polar surface area (TPSA) is 50.9 Å². The van der Waals surface area contributed by atoms with Crippen LogP contribution in [0.1, 0.15) is 39.5 Å². The van der Waals surface area contributed by atoms with Gasteiger partial charge in [0, 0.05) is 11.7 Å². The van der Waals surface area contributed by atoms with E-state index in [0.29, 0.717) is 11.5 Å². The third kappa shape index (κ3) is 2.54.